The molecule has 47 heavy (non-hydrogen) atoms. The zero-order chi connectivity index (χ0) is 33.7. The van der Waals surface area contributed by atoms with Crippen LogP contribution in [0.2, 0.25) is 5.02 Å². The molecule has 2 aliphatic rings. The number of hydrogen-bond acceptors (Lipinski definition) is 8. The van der Waals surface area contributed by atoms with E-state index in [4.69, 9.17) is 21.1 Å². The van der Waals surface area contributed by atoms with Crippen LogP contribution in [0.1, 0.15) is 39.3 Å². The number of carbonyl (C=O) groups excluding carboxylic acids is 2. The van der Waals surface area contributed by atoms with Crippen LogP contribution in [0.15, 0.2) is 53.0 Å². The van der Waals surface area contributed by atoms with E-state index in [0.29, 0.717) is 32.0 Å². The number of nitrogens with one attached hydrogen (secondary N) is 5. The van der Waals surface area contributed by atoms with Crippen molar-refractivity contribution in [2.24, 2.45) is 7.05 Å². The van der Waals surface area contributed by atoms with E-state index in [0.717, 1.165) is 51.1 Å². The molecule has 6 rings (SSSR count). The molecule has 4 heterocycles. The molecule has 5 N–H and O–H groups in total. The van der Waals surface area contributed by atoms with Crippen molar-refractivity contribution < 1.29 is 32.2 Å². The normalized spacial score (nSPS) is 14.7. The second kappa shape index (κ2) is 14.8. The van der Waals surface area contributed by atoms with Gasteiger partial charge >= 0.3 is 6.18 Å². The van der Waals surface area contributed by atoms with Crippen molar-refractivity contribution in [1.82, 2.24) is 30.6 Å². The molecule has 0 saturated carbocycles. The minimum Gasteiger partial charge on any atom is -0.488 e. The monoisotopic (exact) mass is 738 g/mol. The quantitative estimate of drug-likeness (QED) is 0.161. The molecule has 2 fully saturated rings. The fourth-order valence-corrected chi connectivity index (χ4v) is 5.38. The maximum Gasteiger partial charge on any atom is 0.434 e. The number of benzene rings is 2. The van der Waals surface area contributed by atoms with E-state index < -0.39 is 28.5 Å². The van der Waals surface area contributed by atoms with Crippen LogP contribution in [0, 0.1) is 0 Å². The molecular formula is C30H31BrClF3N8O4. The van der Waals surface area contributed by atoms with Gasteiger partial charge in [0.25, 0.3) is 11.8 Å². The van der Waals surface area contributed by atoms with E-state index in [-0.39, 0.29) is 18.1 Å². The van der Waals surface area contributed by atoms with Gasteiger partial charge in [0, 0.05) is 50.3 Å². The van der Waals surface area contributed by atoms with Crippen molar-refractivity contribution in [3.8, 4) is 11.5 Å². The fraction of sp³-hybridized carbons (Fsp3) is 0.333. The zero-order valence-corrected chi connectivity index (χ0v) is 27.5. The van der Waals surface area contributed by atoms with Gasteiger partial charge in [-0.15, -0.1) is 0 Å². The lowest BCUT2D eigenvalue weighted by Gasteiger charge is -2.27. The number of alkyl halides is 3. The van der Waals surface area contributed by atoms with Crippen LogP contribution in [0.25, 0.3) is 0 Å². The lowest BCUT2D eigenvalue weighted by atomic mass is 10.2. The molecule has 17 heteroatoms. The number of rotatable bonds is 9. The van der Waals surface area contributed by atoms with Gasteiger partial charge in [0.2, 0.25) is 0 Å². The number of anilines is 2. The molecule has 0 spiro atoms. The Kier molecular flexibility index (Phi) is 10.7. The highest BCUT2D eigenvalue weighted by molar-refractivity contribution is 9.10. The second-order valence-corrected chi connectivity index (χ2v) is 11.8. The fourth-order valence-electron chi connectivity index (χ4n) is 4.39. The van der Waals surface area contributed by atoms with Gasteiger partial charge in [-0.2, -0.15) is 23.4 Å². The summed E-state index contributed by atoms with van der Waals surface area (Å²) in [5.74, 6) is 0.367. The number of amides is 2. The van der Waals surface area contributed by atoms with Crippen molar-refractivity contribution in [3.63, 3.8) is 0 Å². The van der Waals surface area contributed by atoms with Crippen LogP contribution in [0.3, 0.4) is 0 Å². The van der Waals surface area contributed by atoms with Crippen LogP contribution in [-0.4, -0.2) is 70.2 Å². The van der Waals surface area contributed by atoms with E-state index in [2.05, 4.69) is 52.5 Å². The SMILES string of the molecule is CCc1[nH]nc(C(=O)Nc2ccc(OC3CNC3)cc2)c1Br.Cn1nc(C(=O)Nc2ccc(OC3CNC3)cc2)c(Cl)c1C(F)(F)F. The van der Waals surface area contributed by atoms with Crippen LogP contribution >= 0.6 is 27.5 Å². The standard InChI is InChI=1S/C15H17BrN4O2.C15H14ClF3N4O2/c1-2-12-13(16)14(20-19-12)15(21)18-9-3-5-10(6-4-9)22-11-7-17-8-11;1-23-13(15(17,18)19)11(16)12(22-23)14(24)21-8-2-4-9(5-3-8)25-10-6-20-7-10/h3-6,11,17H,2,7-8H2,1H3,(H,18,21)(H,19,20);2-5,10,20H,6-7H2,1H3,(H,21,24). The minimum absolute atomic E-state index is 0.119. The van der Waals surface area contributed by atoms with Crippen LogP contribution in [-0.2, 0) is 19.6 Å². The van der Waals surface area contributed by atoms with Gasteiger partial charge in [0.1, 0.15) is 28.7 Å². The summed E-state index contributed by atoms with van der Waals surface area (Å²) in [7, 11) is 1.08. The molecule has 0 aliphatic carbocycles. The summed E-state index contributed by atoms with van der Waals surface area (Å²) in [6.45, 7) is 5.31. The largest absolute Gasteiger partial charge is 0.488 e. The molecule has 2 aromatic heterocycles. The molecule has 2 aromatic carbocycles. The molecule has 2 aliphatic heterocycles. The highest BCUT2D eigenvalue weighted by Crippen LogP contribution is 2.36. The number of halogens is 5. The summed E-state index contributed by atoms with van der Waals surface area (Å²) in [6, 6.07) is 13.8. The third-order valence-corrected chi connectivity index (χ3v) is 8.35. The van der Waals surface area contributed by atoms with Crippen molar-refractivity contribution >= 4 is 50.7 Å². The van der Waals surface area contributed by atoms with Gasteiger partial charge in [0.05, 0.1) is 4.47 Å². The number of aromatic nitrogens is 4. The first-order valence-electron chi connectivity index (χ1n) is 14.5. The maximum absolute atomic E-state index is 12.9. The number of nitrogens with zero attached hydrogens (tertiary/aromatic N) is 3. The second-order valence-electron chi connectivity index (χ2n) is 10.6. The van der Waals surface area contributed by atoms with Crippen molar-refractivity contribution in [3.05, 3.63) is 80.8 Å². The lowest BCUT2D eigenvalue weighted by Crippen LogP contribution is -2.50. The Balaban J connectivity index is 0.000000186. The number of aryl methyl sites for hydroxylation is 2. The molecule has 0 radical (unpaired) electrons. The molecule has 4 aromatic rings. The first-order valence-corrected chi connectivity index (χ1v) is 15.7. The predicted octanol–water partition coefficient (Wildman–Crippen LogP) is 5.03. The average molecular weight is 740 g/mol. The van der Waals surface area contributed by atoms with Crippen LogP contribution in [0.4, 0.5) is 24.5 Å². The van der Waals surface area contributed by atoms with Gasteiger partial charge in [-0.3, -0.25) is 19.4 Å². The zero-order valence-electron chi connectivity index (χ0n) is 25.2. The Labute approximate surface area is 280 Å². The molecule has 12 nitrogen and oxygen atoms in total. The van der Waals surface area contributed by atoms with Crippen LogP contribution < -0.4 is 30.7 Å². The van der Waals surface area contributed by atoms with Crippen molar-refractivity contribution in [1.29, 1.82) is 0 Å². The van der Waals surface area contributed by atoms with E-state index >= 15 is 0 Å². The van der Waals surface area contributed by atoms with Gasteiger partial charge in [0.15, 0.2) is 17.1 Å². The van der Waals surface area contributed by atoms with Gasteiger partial charge in [-0.05, 0) is 70.9 Å². The van der Waals surface area contributed by atoms with Crippen molar-refractivity contribution in [2.75, 3.05) is 36.8 Å². The molecular weight excluding hydrogens is 709 g/mol. The summed E-state index contributed by atoms with van der Waals surface area (Å²) < 4.78 is 51.3. The molecule has 0 unspecified atom stereocenters. The molecule has 2 amide bonds. The first kappa shape index (κ1) is 34.2. The highest BCUT2D eigenvalue weighted by Gasteiger charge is 2.40. The average Bonchev–Trinajstić information content (AvgIpc) is 3.52. The highest BCUT2D eigenvalue weighted by atomic mass is 79.9. The first-order chi connectivity index (χ1) is 22.4. The minimum atomic E-state index is -4.70. The maximum atomic E-state index is 12.9. The summed E-state index contributed by atoms with van der Waals surface area (Å²) in [4.78, 5) is 24.4. The number of H-pyrrole nitrogens is 1. The lowest BCUT2D eigenvalue weighted by molar-refractivity contribution is -0.143. The summed E-state index contributed by atoms with van der Waals surface area (Å²) in [5.41, 5.74) is 0.701. The number of aromatic amines is 1. The summed E-state index contributed by atoms with van der Waals surface area (Å²) >= 11 is 9.09. The molecule has 0 bridgehead atoms. The number of carbonyl (C=O) groups is 2. The summed E-state index contributed by atoms with van der Waals surface area (Å²) in [5, 5.41) is 21.3. The molecule has 250 valence electrons. The smallest absolute Gasteiger partial charge is 0.434 e. The molecule has 2 saturated heterocycles. The summed E-state index contributed by atoms with van der Waals surface area (Å²) in [6.07, 6.45) is -3.56. The van der Waals surface area contributed by atoms with Crippen LogP contribution in [0.5, 0.6) is 11.5 Å². The topological polar surface area (TPSA) is 147 Å². The number of hydrogen-bond donors (Lipinski definition) is 5. The van der Waals surface area contributed by atoms with Gasteiger partial charge < -0.3 is 30.7 Å². The molecule has 0 atom stereocenters. The third kappa shape index (κ3) is 8.43. The van der Waals surface area contributed by atoms with Gasteiger partial charge in [-0.25, -0.2) is 0 Å². The Bertz CT molecular complexity index is 1710. The Hall–Kier alpha value is -4.12. The van der Waals surface area contributed by atoms with Gasteiger partial charge in [-0.1, -0.05) is 18.5 Å². The number of ether oxygens (including phenoxy) is 2. The van der Waals surface area contributed by atoms with Crippen molar-refractivity contribution in [2.45, 2.75) is 31.7 Å². The van der Waals surface area contributed by atoms with E-state index in [9.17, 15) is 22.8 Å². The third-order valence-electron chi connectivity index (χ3n) is 7.14. The van der Waals surface area contributed by atoms with E-state index in [1.54, 1.807) is 24.3 Å². The Morgan fingerprint density at radius 1 is 0.915 bits per heavy atom. The van der Waals surface area contributed by atoms with E-state index in [1.165, 1.54) is 0 Å². The predicted molar refractivity (Wildman–Crippen MR) is 172 cm³/mol. The Morgan fingerprint density at radius 3 is 1.74 bits per heavy atom. The Morgan fingerprint density at radius 2 is 1.38 bits per heavy atom. The van der Waals surface area contributed by atoms with E-state index in [1.807, 2.05) is 31.2 Å².